The van der Waals surface area contributed by atoms with Crippen LogP contribution in [0.15, 0.2) is 29.3 Å². The predicted molar refractivity (Wildman–Crippen MR) is 135 cm³/mol. The molecule has 1 heterocycles. The maximum absolute atomic E-state index is 12.1. The Hall–Kier alpha value is -2.04. The van der Waals surface area contributed by atoms with Gasteiger partial charge in [-0.05, 0) is 56.7 Å². The monoisotopic (exact) mass is 558 g/mol. The minimum atomic E-state index is -0.116. The van der Waals surface area contributed by atoms with Crippen LogP contribution in [0.1, 0.15) is 38.2 Å². The lowest BCUT2D eigenvalue weighted by Gasteiger charge is -2.34. The van der Waals surface area contributed by atoms with Crippen molar-refractivity contribution in [2.45, 2.75) is 45.1 Å². The second kappa shape index (κ2) is 13.5. The summed E-state index contributed by atoms with van der Waals surface area (Å²) < 4.78 is 10.7. The molecule has 2 fully saturated rings. The van der Waals surface area contributed by atoms with Crippen LogP contribution in [0.4, 0.5) is 0 Å². The van der Waals surface area contributed by atoms with Crippen LogP contribution in [0, 0.1) is 5.92 Å². The molecule has 2 N–H and O–H groups in total. The lowest BCUT2D eigenvalue weighted by atomic mass is 9.98. The third kappa shape index (κ3) is 8.48. The van der Waals surface area contributed by atoms with Crippen LogP contribution in [0.2, 0.25) is 0 Å². The zero-order valence-electron chi connectivity index (χ0n) is 19.0. The van der Waals surface area contributed by atoms with E-state index in [2.05, 4.69) is 20.5 Å². The van der Waals surface area contributed by atoms with E-state index < -0.39 is 0 Å². The number of carbonyl (C=O) groups excluding carboxylic acids is 2. The van der Waals surface area contributed by atoms with Gasteiger partial charge in [0.2, 0.25) is 0 Å². The van der Waals surface area contributed by atoms with Gasteiger partial charge in [0, 0.05) is 32.7 Å². The number of guanidine groups is 1. The Balaban J connectivity index is 0.00000363. The van der Waals surface area contributed by atoms with Crippen LogP contribution >= 0.6 is 24.0 Å². The first-order chi connectivity index (χ1) is 15.1. The normalized spacial score (nSPS) is 18.4. The van der Waals surface area contributed by atoms with Crippen LogP contribution in [0.3, 0.4) is 0 Å². The standard InChI is InChI=1S/C23H34N4O4.HI/c1-3-30-22(29)18-5-4-14-27(15-18)23(24-2)25-13-12-17-6-10-20(11-7-17)31-16-21(28)26-19-8-9-19;/h6-7,10-11,18-19H,3-5,8-9,12-16H2,1-2H3,(H,24,25)(H,26,28);1H. The minimum Gasteiger partial charge on any atom is -0.484 e. The first kappa shape index (κ1) is 26.2. The number of amides is 1. The van der Waals surface area contributed by atoms with E-state index >= 15 is 0 Å². The molecule has 1 saturated carbocycles. The van der Waals surface area contributed by atoms with Gasteiger partial charge in [0.1, 0.15) is 5.75 Å². The number of hydrogen-bond acceptors (Lipinski definition) is 5. The fourth-order valence-electron chi connectivity index (χ4n) is 3.67. The Morgan fingerprint density at radius 2 is 1.94 bits per heavy atom. The summed E-state index contributed by atoms with van der Waals surface area (Å²) in [4.78, 5) is 30.3. The zero-order valence-corrected chi connectivity index (χ0v) is 21.3. The predicted octanol–water partition coefficient (Wildman–Crippen LogP) is 2.36. The lowest BCUT2D eigenvalue weighted by Crippen LogP contribution is -2.48. The number of hydrogen-bond donors (Lipinski definition) is 2. The van der Waals surface area contributed by atoms with Gasteiger partial charge in [-0.25, -0.2) is 0 Å². The van der Waals surface area contributed by atoms with E-state index in [-0.39, 0.29) is 48.4 Å². The number of benzene rings is 1. The van der Waals surface area contributed by atoms with E-state index in [1.54, 1.807) is 7.05 Å². The van der Waals surface area contributed by atoms with Gasteiger partial charge >= 0.3 is 5.97 Å². The largest absolute Gasteiger partial charge is 0.484 e. The van der Waals surface area contributed by atoms with Crippen molar-refractivity contribution in [3.63, 3.8) is 0 Å². The maximum atomic E-state index is 12.1. The van der Waals surface area contributed by atoms with Gasteiger partial charge in [0.05, 0.1) is 12.5 Å². The number of ether oxygens (including phenoxy) is 2. The molecule has 1 unspecified atom stereocenters. The molecular weight excluding hydrogens is 523 g/mol. The van der Waals surface area contributed by atoms with E-state index in [0.29, 0.717) is 24.9 Å². The van der Waals surface area contributed by atoms with Gasteiger partial charge in [-0.2, -0.15) is 0 Å². The van der Waals surface area contributed by atoms with Crippen molar-refractivity contribution in [3.05, 3.63) is 29.8 Å². The maximum Gasteiger partial charge on any atom is 0.310 e. The molecule has 2 aliphatic rings. The topological polar surface area (TPSA) is 92.3 Å². The number of halogens is 1. The molecule has 1 aromatic carbocycles. The summed E-state index contributed by atoms with van der Waals surface area (Å²) in [6, 6.07) is 8.15. The number of esters is 1. The van der Waals surface area contributed by atoms with Crippen LogP contribution < -0.4 is 15.4 Å². The lowest BCUT2D eigenvalue weighted by molar-refractivity contribution is -0.149. The molecule has 1 aromatic rings. The molecule has 1 atom stereocenters. The molecule has 178 valence electrons. The van der Waals surface area contributed by atoms with Crippen molar-refractivity contribution in [1.82, 2.24) is 15.5 Å². The molecule has 1 aliphatic carbocycles. The highest BCUT2D eigenvalue weighted by atomic mass is 127. The number of likely N-dealkylation sites (tertiary alicyclic amines) is 1. The summed E-state index contributed by atoms with van der Waals surface area (Å²) in [6.07, 6.45) is 4.79. The van der Waals surface area contributed by atoms with Crippen LogP contribution in [-0.2, 0) is 20.7 Å². The van der Waals surface area contributed by atoms with Crippen LogP contribution in [0.25, 0.3) is 0 Å². The average Bonchev–Trinajstić information content (AvgIpc) is 3.60. The summed E-state index contributed by atoms with van der Waals surface area (Å²) in [6.45, 7) is 4.56. The van der Waals surface area contributed by atoms with Crippen molar-refractivity contribution in [1.29, 1.82) is 0 Å². The minimum absolute atomic E-state index is 0. The zero-order chi connectivity index (χ0) is 22.1. The molecule has 0 radical (unpaired) electrons. The van der Waals surface area contributed by atoms with E-state index in [1.807, 2.05) is 31.2 Å². The summed E-state index contributed by atoms with van der Waals surface area (Å²) in [5, 5.41) is 6.31. The number of carbonyl (C=O) groups is 2. The van der Waals surface area contributed by atoms with Crippen molar-refractivity contribution >= 4 is 41.8 Å². The average molecular weight is 558 g/mol. The van der Waals surface area contributed by atoms with Crippen molar-refractivity contribution < 1.29 is 19.1 Å². The Labute approximate surface area is 207 Å². The summed E-state index contributed by atoms with van der Waals surface area (Å²) in [7, 11) is 1.77. The highest BCUT2D eigenvalue weighted by molar-refractivity contribution is 14.0. The smallest absolute Gasteiger partial charge is 0.310 e. The van der Waals surface area contributed by atoms with Crippen molar-refractivity contribution in [2.75, 3.05) is 39.9 Å². The van der Waals surface area contributed by atoms with E-state index in [0.717, 1.165) is 51.2 Å². The highest BCUT2D eigenvalue weighted by Gasteiger charge is 2.28. The van der Waals surface area contributed by atoms with E-state index in [4.69, 9.17) is 9.47 Å². The number of aliphatic imine (C=N–C) groups is 1. The second-order valence-electron chi connectivity index (χ2n) is 8.04. The molecule has 32 heavy (non-hydrogen) atoms. The van der Waals surface area contributed by atoms with Gasteiger partial charge in [0.15, 0.2) is 12.6 Å². The number of rotatable bonds is 9. The Kier molecular flexibility index (Phi) is 11.1. The van der Waals surface area contributed by atoms with Crippen LogP contribution in [-0.4, -0.2) is 68.7 Å². The summed E-state index contributed by atoms with van der Waals surface area (Å²) in [5.41, 5.74) is 1.17. The molecule has 1 saturated heterocycles. The highest BCUT2D eigenvalue weighted by Crippen LogP contribution is 2.19. The van der Waals surface area contributed by atoms with Gasteiger partial charge in [-0.1, -0.05) is 12.1 Å². The molecule has 8 nitrogen and oxygen atoms in total. The fourth-order valence-corrected chi connectivity index (χ4v) is 3.67. The third-order valence-electron chi connectivity index (χ3n) is 5.49. The number of piperidine rings is 1. The number of nitrogens with one attached hydrogen (secondary N) is 2. The van der Waals surface area contributed by atoms with Gasteiger partial charge < -0.3 is 25.0 Å². The molecule has 0 bridgehead atoms. The third-order valence-corrected chi connectivity index (χ3v) is 5.49. The molecule has 1 amide bonds. The molecule has 0 spiro atoms. The second-order valence-corrected chi connectivity index (χ2v) is 8.04. The van der Waals surface area contributed by atoms with Gasteiger partial charge in [-0.15, -0.1) is 24.0 Å². The van der Waals surface area contributed by atoms with Gasteiger partial charge in [0.25, 0.3) is 5.91 Å². The van der Waals surface area contributed by atoms with Crippen molar-refractivity contribution in [2.24, 2.45) is 10.9 Å². The first-order valence-electron chi connectivity index (χ1n) is 11.2. The Morgan fingerprint density at radius 1 is 1.19 bits per heavy atom. The Bertz CT molecular complexity index is 768. The van der Waals surface area contributed by atoms with E-state index in [9.17, 15) is 9.59 Å². The van der Waals surface area contributed by atoms with Gasteiger partial charge in [-0.3, -0.25) is 14.6 Å². The molecule has 3 rings (SSSR count). The van der Waals surface area contributed by atoms with Crippen molar-refractivity contribution in [3.8, 4) is 5.75 Å². The molecule has 9 heteroatoms. The quantitative estimate of drug-likeness (QED) is 0.209. The summed E-state index contributed by atoms with van der Waals surface area (Å²) in [5.74, 6) is 1.23. The molecule has 1 aliphatic heterocycles. The fraction of sp³-hybridized carbons (Fsp3) is 0.609. The first-order valence-corrected chi connectivity index (χ1v) is 11.2. The SMILES string of the molecule is CCOC(=O)C1CCCN(C(=NC)NCCc2ccc(OCC(=O)NC3CC3)cc2)C1.I. The molecule has 0 aromatic heterocycles. The number of nitrogens with zero attached hydrogens (tertiary/aromatic N) is 2. The Morgan fingerprint density at radius 3 is 2.59 bits per heavy atom. The molecular formula is C23H35IN4O4. The van der Waals surface area contributed by atoms with Crippen LogP contribution in [0.5, 0.6) is 5.75 Å². The summed E-state index contributed by atoms with van der Waals surface area (Å²) >= 11 is 0. The van der Waals surface area contributed by atoms with E-state index in [1.165, 1.54) is 5.56 Å².